The van der Waals surface area contributed by atoms with Crippen LogP contribution in [0.25, 0.3) is 17.0 Å². The van der Waals surface area contributed by atoms with Crippen LogP contribution in [0.5, 0.6) is 0 Å². The van der Waals surface area contributed by atoms with Gasteiger partial charge in [0.1, 0.15) is 5.65 Å². The van der Waals surface area contributed by atoms with Crippen LogP contribution in [0, 0.1) is 17.8 Å². The van der Waals surface area contributed by atoms with Crippen LogP contribution in [0.3, 0.4) is 0 Å². The van der Waals surface area contributed by atoms with E-state index in [4.69, 9.17) is 4.98 Å². The molecule has 2 aliphatic heterocycles. The van der Waals surface area contributed by atoms with Crippen LogP contribution in [0.4, 0.5) is 5.95 Å². The van der Waals surface area contributed by atoms with Gasteiger partial charge in [-0.15, -0.1) is 0 Å². The van der Waals surface area contributed by atoms with Crippen LogP contribution in [-0.4, -0.2) is 45.5 Å². The van der Waals surface area contributed by atoms with Crippen LogP contribution >= 0.6 is 0 Å². The minimum Gasteiger partial charge on any atom is -0.340 e. The maximum Gasteiger partial charge on any atom is 0.225 e. The Kier molecular flexibility index (Phi) is 4.46. The summed E-state index contributed by atoms with van der Waals surface area (Å²) in [5.74, 6) is 3.56. The smallest absolute Gasteiger partial charge is 0.225 e. The Balaban J connectivity index is 1.31. The highest BCUT2D eigenvalue weighted by Crippen LogP contribution is 2.40. The average Bonchev–Trinajstić information content (AvgIpc) is 3.31. The lowest BCUT2D eigenvalue weighted by atomic mass is 9.82. The maximum absolute atomic E-state index is 5.00. The first-order valence-electron chi connectivity index (χ1n) is 11.3. The molecule has 0 aromatic carbocycles. The molecule has 3 aromatic rings. The third kappa shape index (κ3) is 3.36. The Labute approximate surface area is 176 Å². The third-order valence-electron chi connectivity index (χ3n) is 6.98. The molecular weight excluding hydrogens is 374 g/mol. The SMILES string of the molecule is C[C@@H]1C[C@H](C2CNNC2)CN(c2nccc(-c3cnc4ccc(C5CC5)cn34)n2)C1. The summed E-state index contributed by atoms with van der Waals surface area (Å²) in [6.07, 6.45) is 9.96. The lowest BCUT2D eigenvalue weighted by Gasteiger charge is -2.38. The number of fused-ring (bicyclic) bond motifs is 1. The zero-order chi connectivity index (χ0) is 20.1. The number of hydrogen-bond acceptors (Lipinski definition) is 6. The van der Waals surface area contributed by atoms with Gasteiger partial charge < -0.3 is 4.90 Å². The predicted molar refractivity (Wildman–Crippen MR) is 117 cm³/mol. The molecule has 30 heavy (non-hydrogen) atoms. The van der Waals surface area contributed by atoms with Gasteiger partial charge in [0.05, 0.1) is 17.6 Å². The molecule has 1 saturated carbocycles. The van der Waals surface area contributed by atoms with Crippen molar-refractivity contribution < 1.29 is 0 Å². The van der Waals surface area contributed by atoms with Crippen molar-refractivity contribution >= 4 is 11.6 Å². The van der Waals surface area contributed by atoms with Gasteiger partial charge in [-0.05, 0) is 60.6 Å². The molecule has 3 aliphatic rings. The largest absolute Gasteiger partial charge is 0.340 e. The zero-order valence-corrected chi connectivity index (χ0v) is 17.5. The quantitative estimate of drug-likeness (QED) is 0.698. The van der Waals surface area contributed by atoms with E-state index in [1.54, 1.807) is 0 Å². The summed E-state index contributed by atoms with van der Waals surface area (Å²) in [6, 6.07) is 6.35. The normalized spacial score (nSPS) is 25.3. The van der Waals surface area contributed by atoms with Crippen LogP contribution in [0.2, 0.25) is 0 Å². The summed E-state index contributed by atoms with van der Waals surface area (Å²) in [4.78, 5) is 16.7. The van der Waals surface area contributed by atoms with Crippen molar-refractivity contribution in [3.8, 4) is 11.4 Å². The second kappa shape index (κ2) is 7.32. The van der Waals surface area contributed by atoms with E-state index in [1.165, 1.54) is 24.8 Å². The number of hydrazine groups is 1. The van der Waals surface area contributed by atoms with Crippen molar-refractivity contribution in [1.29, 1.82) is 0 Å². The Morgan fingerprint density at radius 3 is 2.70 bits per heavy atom. The number of imidazole rings is 1. The first-order chi connectivity index (χ1) is 14.7. The summed E-state index contributed by atoms with van der Waals surface area (Å²) in [5, 5.41) is 0. The third-order valence-corrected chi connectivity index (χ3v) is 6.98. The molecule has 0 amide bonds. The van der Waals surface area contributed by atoms with Gasteiger partial charge in [-0.3, -0.25) is 15.3 Å². The highest BCUT2D eigenvalue weighted by molar-refractivity contribution is 5.61. The Bertz CT molecular complexity index is 1050. The number of anilines is 1. The van der Waals surface area contributed by atoms with Gasteiger partial charge in [-0.2, -0.15) is 0 Å². The number of hydrogen-bond donors (Lipinski definition) is 2. The van der Waals surface area contributed by atoms with Crippen LogP contribution in [-0.2, 0) is 0 Å². The number of nitrogens with one attached hydrogen (secondary N) is 2. The molecule has 3 fully saturated rings. The fourth-order valence-electron chi connectivity index (χ4n) is 5.20. The molecule has 0 bridgehead atoms. The van der Waals surface area contributed by atoms with Crippen LogP contribution in [0.15, 0.2) is 36.8 Å². The molecule has 6 rings (SSSR count). The molecule has 2 atom stereocenters. The van der Waals surface area contributed by atoms with Crippen molar-refractivity contribution in [2.24, 2.45) is 17.8 Å². The maximum atomic E-state index is 5.00. The summed E-state index contributed by atoms with van der Waals surface area (Å²) in [5.41, 5.74) is 10.9. The van der Waals surface area contributed by atoms with Crippen molar-refractivity contribution in [1.82, 2.24) is 30.2 Å². The zero-order valence-electron chi connectivity index (χ0n) is 17.5. The van der Waals surface area contributed by atoms with Crippen molar-refractivity contribution in [2.75, 3.05) is 31.1 Å². The van der Waals surface area contributed by atoms with E-state index < -0.39 is 0 Å². The van der Waals surface area contributed by atoms with Gasteiger partial charge in [0.15, 0.2) is 0 Å². The van der Waals surface area contributed by atoms with Crippen molar-refractivity contribution in [2.45, 2.75) is 32.1 Å². The Morgan fingerprint density at radius 1 is 1.00 bits per heavy atom. The molecule has 1 aliphatic carbocycles. The van der Waals surface area contributed by atoms with Crippen molar-refractivity contribution in [3.05, 3.63) is 42.4 Å². The molecule has 156 valence electrons. The topological polar surface area (TPSA) is 70.4 Å². The summed E-state index contributed by atoms with van der Waals surface area (Å²) < 4.78 is 2.19. The standard InChI is InChI=1S/C23H29N7/c1-15-8-18(19-9-26-27-10-19)13-29(12-15)23-24-7-6-20(28-23)21-11-25-22-5-4-17(14-30(21)22)16-2-3-16/h4-7,11,14-16,18-19,26-27H,2-3,8-10,12-13H2,1H3/t15-,18+/m1/s1. The predicted octanol–water partition coefficient (Wildman–Crippen LogP) is 2.86. The van der Waals surface area contributed by atoms with E-state index in [0.29, 0.717) is 17.8 Å². The van der Waals surface area contributed by atoms with Gasteiger partial charge in [0, 0.05) is 38.6 Å². The highest BCUT2D eigenvalue weighted by Gasteiger charge is 2.33. The van der Waals surface area contributed by atoms with Crippen molar-refractivity contribution in [3.63, 3.8) is 0 Å². The average molecular weight is 404 g/mol. The van der Waals surface area contributed by atoms with E-state index in [-0.39, 0.29) is 0 Å². The molecule has 3 aromatic heterocycles. The molecule has 0 unspecified atom stereocenters. The first kappa shape index (κ1) is 18.3. The van der Waals surface area contributed by atoms with E-state index >= 15 is 0 Å². The summed E-state index contributed by atoms with van der Waals surface area (Å²) in [7, 11) is 0. The second-order valence-corrected chi connectivity index (χ2v) is 9.38. The van der Waals surface area contributed by atoms with Gasteiger partial charge in [-0.25, -0.2) is 15.0 Å². The number of rotatable bonds is 4. The Hall–Kier alpha value is -2.51. The van der Waals surface area contributed by atoms with Gasteiger partial charge in [-0.1, -0.05) is 13.0 Å². The molecule has 7 nitrogen and oxygen atoms in total. The van der Waals surface area contributed by atoms with Gasteiger partial charge >= 0.3 is 0 Å². The van der Waals surface area contributed by atoms with E-state index in [2.05, 4.69) is 55.4 Å². The lowest BCUT2D eigenvalue weighted by molar-refractivity contribution is 0.262. The minimum absolute atomic E-state index is 0.647. The van der Waals surface area contributed by atoms with E-state index in [1.807, 2.05) is 18.5 Å². The van der Waals surface area contributed by atoms with Gasteiger partial charge in [0.25, 0.3) is 0 Å². The summed E-state index contributed by atoms with van der Waals surface area (Å²) >= 11 is 0. The first-order valence-corrected chi connectivity index (χ1v) is 11.3. The monoisotopic (exact) mass is 403 g/mol. The fraction of sp³-hybridized carbons (Fsp3) is 0.522. The number of aromatic nitrogens is 4. The second-order valence-electron chi connectivity index (χ2n) is 9.38. The highest BCUT2D eigenvalue weighted by atomic mass is 15.4. The Morgan fingerprint density at radius 2 is 1.87 bits per heavy atom. The molecule has 0 radical (unpaired) electrons. The molecule has 5 heterocycles. The minimum atomic E-state index is 0.647. The molecule has 0 spiro atoms. The summed E-state index contributed by atoms with van der Waals surface area (Å²) in [6.45, 7) is 6.50. The number of nitrogens with zero attached hydrogens (tertiary/aromatic N) is 5. The molecule has 2 saturated heterocycles. The van der Waals surface area contributed by atoms with Crippen LogP contribution in [0.1, 0.15) is 37.7 Å². The molecule has 2 N–H and O–H groups in total. The van der Waals surface area contributed by atoms with Gasteiger partial charge in [0.2, 0.25) is 5.95 Å². The van der Waals surface area contributed by atoms with E-state index in [9.17, 15) is 0 Å². The molecular formula is C23H29N7. The lowest BCUT2D eigenvalue weighted by Crippen LogP contribution is -2.44. The number of pyridine rings is 1. The number of piperidine rings is 1. The molecule has 7 heteroatoms. The fourth-order valence-corrected chi connectivity index (χ4v) is 5.20. The van der Waals surface area contributed by atoms with Crippen LogP contribution < -0.4 is 15.8 Å². The van der Waals surface area contributed by atoms with E-state index in [0.717, 1.165) is 55.1 Å².